The maximum Gasteiger partial charge on any atom is 0.139 e. The van der Waals surface area contributed by atoms with Gasteiger partial charge in [0.15, 0.2) is 0 Å². The van der Waals surface area contributed by atoms with Crippen LogP contribution in [0.5, 0.6) is 11.5 Å². The van der Waals surface area contributed by atoms with Crippen molar-refractivity contribution in [1.29, 1.82) is 0 Å². The summed E-state index contributed by atoms with van der Waals surface area (Å²) < 4.78 is 0.867. The number of aromatic hydroxyl groups is 2. The third-order valence-electron chi connectivity index (χ3n) is 2.93. The molecule has 4 heteroatoms. The molecular formula is C13H19N2O2+. The molecule has 4 nitrogen and oxygen atoms in total. The minimum absolute atomic E-state index is 0.175. The van der Waals surface area contributed by atoms with E-state index in [9.17, 15) is 10.2 Å². The second-order valence-electron chi connectivity index (χ2n) is 5.43. The molecule has 0 unspecified atom stereocenters. The molecule has 0 aliphatic carbocycles. The summed E-state index contributed by atoms with van der Waals surface area (Å²) in [6.07, 6.45) is 2.72. The van der Waals surface area contributed by atoms with Crippen molar-refractivity contribution in [3.8, 4) is 11.5 Å². The molecule has 0 saturated heterocycles. The van der Waals surface area contributed by atoms with Gasteiger partial charge in [0.2, 0.25) is 0 Å². The van der Waals surface area contributed by atoms with Crippen LogP contribution in [0.1, 0.15) is 5.56 Å². The Kier molecular flexibility index (Phi) is 2.75. The summed E-state index contributed by atoms with van der Waals surface area (Å²) in [6.45, 7) is 0.974. The number of aromatic nitrogens is 1. The Morgan fingerprint density at radius 1 is 1.12 bits per heavy atom. The molecule has 0 aliphatic heterocycles. The van der Waals surface area contributed by atoms with E-state index in [2.05, 4.69) is 26.1 Å². The van der Waals surface area contributed by atoms with Crippen molar-refractivity contribution in [3.05, 3.63) is 23.9 Å². The zero-order valence-corrected chi connectivity index (χ0v) is 10.5. The molecule has 17 heavy (non-hydrogen) atoms. The van der Waals surface area contributed by atoms with Gasteiger partial charge in [0.1, 0.15) is 11.5 Å². The van der Waals surface area contributed by atoms with Crippen LogP contribution >= 0.6 is 0 Å². The molecule has 2 rings (SSSR count). The quantitative estimate of drug-likeness (QED) is 0.561. The van der Waals surface area contributed by atoms with Gasteiger partial charge in [0, 0.05) is 18.0 Å². The fraction of sp³-hybridized carbons (Fsp3) is 0.385. The van der Waals surface area contributed by atoms with Gasteiger partial charge in [-0.1, -0.05) is 0 Å². The van der Waals surface area contributed by atoms with Crippen LogP contribution in [0.2, 0.25) is 0 Å². The molecule has 0 bridgehead atoms. The highest BCUT2D eigenvalue weighted by Gasteiger charge is 2.14. The summed E-state index contributed by atoms with van der Waals surface area (Å²) in [7, 11) is 6.39. The first-order valence-corrected chi connectivity index (χ1v) is 5.70. The number of quaternary nitrogens is 1. The maximum atomic E-state index is 9.86. The van der Waals surface area contributed by atoms with E-state index in [1.165, 1.54) is 12.1 Å². The molecule has 1 aromatic heterocycles. The molecule has 1 aromatic carbocycles. The van der Waals surface area contributed by atoms with E-state index in [1.54, 1.807) is 0 Å². The summed E-state index contributed by atoms with van der Waals surface area (Å²) in [6, 6.07) is 3.03. The second kappa shape index (κ2) is 3.96. The third kappa shape index (κ3) is 2.36. The molecular weight excluding hydrogens is 216 g/mol. The highest BCUT2D eigenvalue weighted by molar-refractivity contribution is 5.93. The van der Waals surface area contributed by atoms with Crippen LogP contribution in [0.4, 0.5) is 0 Å². The zero-order valence-electron chi connectivity index (χ0n) is 10.5. The van der Waals surface area contributed by atoms with E-state index in [0.29, 0.717) is 5.52 Å². The van der Waals surface area contributed by atoms with Crippen molar-refractivity contribution >= 4 is 10.9 Å². The van der Waals surface area contributed by atoms with Crippen LogP contribution in [0, 0.1) is 0 Å². The number of hydrogen-bond acceptors (Lipinski definition) is 2. The number of aromatic amines is 1. The largest absolute Gasteiger partial charge is 0.507 e. The molecule has 1 heterocycles. The summed E-state index contributed by atoms with van der Waals surface area (Å²) in [5.41, 5.74) is 1.66. The Hall–Kier alpha value is -1.68. The van der Waals surface area contributed by atoms with Crippen molar-refractivity contribution in [1.82, 2.24) is 4.98 Å². The van der Waals surface area contributed by atoms with E-state index in [4.69, 9.17) is 0 Å². The molecule has 0 radical (unpaired) electrons. The van der Waals surface area contributed by atoms with E-state index >= 15 is 0 Å². The van der Waals surface area contributed by atoms with Crippen molar-refractivity contribution in [2.45, 2.75) is 6.42 Å². The lowest BCUT2D eigenvalue weighted by Crippen LogP contribution is -2.36. The number of phenols is 2. The van der Waals surface area contributed by atoms with E-state index < -0.39 is 0 Å². The molecule has 0 saturated carbocycles. The van der Waals surface area contributed by atoms with Gasteiger partial charge >= 0.3 is 0 Å². The minimum atomic E-state index is 0.175. The van der Waals surface area contributed by atoms with Gasteiger partial charge in [-0.25, -0.2) is 0 Å². The van der Waals surface area contributed by atoms with Crippen molar-refractivity contribution < 1.29 is 14.7 Å². The Morgan fingerprint density at radius 2 is 1.76 bits per heavy atom. The lowest BCUT2D eigenvalue weighted by atomic mass is 10.1. The molecule has 3 N–H and O–H groups in total. The predicted octanol–water partition coefficient (Wildman–Crippen LogP) is 1.83. The SMILES string of the molecule is C[N+](C)(C)CCc1c[nH]c2c(O)ccc(O)c12. The van der Waals surface area contributed by atoms with Crippen LogP contribution in [0.25, 0.3) is 10.9 Å². The lowest BCUT2D eigenvalue weighted by molar-refractivity contribution is -0.870. The van der Waals surface area contributed by atoms with Crippen LogP contribution in [-0.2, 0) is 6.42 Å². The van der Waals surface area contributed by atoms with Crippen molar-refractivity contribution in [3.63, 3.8) is 0 Å². The molecule has 92 valence electrons. The fourth-order valence-corrected chi connectivity index (χ4v) is 1.94. The number of phenolic OH excluding ortho intramolecular Hbond substituents is 2. The van der Waals surface area contributed by atoms with Crippen molar-refractivity contribution in [2.24, 2.45) is 0 Å². The molecule has 0 aliphatic rings. The minimum Gasteiger partial charge on any atom is -0.507 e. The Morgan fingerprint density at radius 3 is 2.41 bits per heavy atom. The Balaban J connectivity index is 2.39. The number of H-pyrrole nitrogens is 1. The second-order valence-corrected chi connectivity index (χ2v) is 5.43. The number of nitrogens with one attached hydrogen (secondary N) is 1. The topological polar surface area (TPSA) is 56.2 Å². The van der Waals surface area contributed by atoms with E-state index in [-0.39, 0.29) is 11.5 Å². The van der Waals surface area contributed by atoms with Crippen LogP contribution in [0.3, 0.4) is 0 Å². The Bertz CT molecular complexity index is 538. The first-order chi connectivity index (χ1) is 7.88. The molecule has 0 spiro atoms. The summed E-state index contributed by atoms with van der Waals surface area (Å²) in [5, 5.41) is 20.3. The average Bonchev–Trinajstić information content (AvgIpc) is 2.64. The Labute approximate surface area is 101 Å². The predicted molar refractivity (Wildman–Crippen MR) is 68.2 cm³/mol. The highest BCUT2D eigenvalue weighted by atomic mass is 16.3. The summed E-state index contributed by atoms with van der Waals surface area (Å²) in [5.74, 6) is 0.393. The first-order valence-electron chi connectivity index (χ1n) is 5.70. The maximum absolute atomic E-state index is 9.86. The lowest BCUT2D eigenvalue weighted by Gasteiger charge is -2.23. The van der Waals surface area contributed by atoms with Crippen LogP contribution < -0.4 is 0 Å². The van der Waals surface area contributed by atoms with Gasteiger partial charge in [0.05, 0.1) is 33.2 Å². The van der Waals surface area contributed by atoms with Gasteiger partial charge in [-0.2, -0.15) is 0 Å². The molecule has 0 amide bonds. The average molecular weight is 235 g/mol. The summed E-state index contributed by atoms with van der Waals surface area (Å²) >= 11 is 0. The van der Waals surface area contributed by atoms with Crippen LogP contribution in [-0.4, -0.2) is 47.4 Å². The number of hydrogen-bond donors (Lipinski definition) is 3. The van der Waals surface area contributed by atoms with Crippen molar-refractivity contribution in [2.75, 3.05) is 27.7 Å². The zero-order chi connectivity index (χ0) is 12.6. The molecule has 0 atom stereocenters. The van der Waals surface area contributed by atoms with Gasteiger partial charge in [-0.15, -0.1) is 0 Å². The number of fused-ring (bicyclic) bond motifs is 1. The monoisotopic (exact) mass is 235 g/mol. The van der Waals surface area contributed by atoms with Gasteiger partial charge in [0.25, 0.3) is 0 Å². The summed E-state index contributed by atoms with van der Waals surface area (Å²) in [4.78, 5) is 3.02. The fourth-order valence-electron chi connectivity index (χ4n) is 1.94. The molecule has 0 fully saturated rings. The number of rotatable bonds is 3. The van der Waals surface area contributed by atoms with E-state index in [0.717, 1.165) is 28.4 Å². The first kappa shape index (κ1) is 11.8. The number of likely N-dealkylation sites (N-methyl/N-ethyl adjacent to an activating group) is 1. The normalized spacial score (nSPS) is 12.2. The van der Waals surface area contributed by atoms with Gasteiger partial charge in [-0.05, 0) is 17.7 Å². The van der Waals surface area contributed by atoms with Crippen LogP contribution in [0.15, 0.2) is 18.3 Å². The standard InChI is InChI=1S/C13H18N2O2/c1-15(2,3)7-6-9-8-14-13-11(17)5-4-10(16)12(9)13/h4-5,8,14H,6-7H2,1-3H3,(H-,16,17)/p+1. The third-order valence-corrected chi connectivity index (χ3v) is 2.93. The van der Waals surface area contributed by atoms with Gasteiger partial charge in [-0.3, -0.25) is 0 Å². The smallest absolute Gasteiger partial charge is 0.139 e. The van der Waals surface area contributed by atoms with Gasteiger partial charge < -0.3 is 19.7 Å². The molecule has 2 aromatic rings. The highest BCUT2D eigenvalue weighted by Crippen LogP contribution is 2.33. The number of benzene rings is 1. The van der Waals surface area contributed by atoms with E-state index in [1.807, 2.05) is 6.20 Å². The number of nitrogens with zero attached hydrogens (tertiary/aromatic N) is 1.